The minimum Gasteiger partial charge on any atom is -0.369 e. The summed E-state index contributed by atoms with van der Waals surface area (Å²) in [5.74, 6) is -0.549. The molecular weight excluding hydrogens is 328 g/mol. The highest BCUT2D eigenvalue weighted by Gasteiger charge is 2.33. The molecule has 0 spiro atoms. The van der Waals surface area contributed by atoms with Gasteiger partial charge in [0.15, 0.2) is 0 Å². The number of hydrogen-bond acceptors (Lipinski definition) is 2. The summed E-state index contributed by atoms with van der Waals surface area (Å²) in [6.45, 7) is 3.22. The van der Waals surface area contributed by atoms with E-state index in [1.807, 2.05) is 0 Å². The van der Waals surface area contributed by atoms with Crippen LogP contribution in [0.15, 0.2) is 19.9 Å². The number of aromatic amines is 1. The summed E-state index contributed by atoms with van der Waals surface area (Å²) in [5.41, 5.74) is 4.24. The molecule has 1 rings (SSSR count). The van der Waals surface area contributed by atoms with E-state index in [0.717, 1.165) is 0 Å². The molecule has 3 N–H and O–H groups in total. The number of carbonyl (C=O) groups is 1. The van der Waals surface area contributed by atoms with Gasteiger partial charge in [0.1, 0.15) is 0 Å². The number of pyridine rings is 1. The first-order valence-electron chi connectivity index (χ1n) is 4.15. The van der Waals surface area contributed by atoms with Gasteiger partial charge in [0, 0.05) is 20.7 Å². The fourth-order valence-corrected chi connectivity index (χ4v) is 2.27. The Morgan fingerprint density at radius 1 is 1.47 bits per heavy atom. The van der Waals surface area contributed by atoms with Crippen molar-refractivity contribution in [3.8, 4) is 0 Å². The maximum Gasteiger partial charge on any atom is 0.253 e. The number of aromatic nitrogens is 1. The maximum atomic E-state index is 11.6. The van der Waals surface area contributed by atoms with Crippen molar-refractivity contribution in [1.29, 1.82) is 0 Å². The second-order valence-electron chi connectivity index (χ2n) is 3.64. The number of hydrogen-bond donors (Lipinski definition) is 2. The number of carbonyl (C=O) groups excluding carboxylic acids is 1. The second-order valence-corrected chi connectivity index (χ2v) is 5.29. The van der Waals surface area contributed by atoms with Gasteiger partial charge in [-0.05, 0) is 45.7 Å². The number of rotatable bonds is 2. The van der Waals surface area contributed by atoms with Crippen LogP contribution in [0.25, 0.3) is 0 Å². The normalized spacial score (nSPS) is 11.5. The predicted octanol–water partition coefficient (Wildman–Crippen LogP) is 1.66. The summed E-state index contributed by atoms with van der Waals surface area (Å²) < 4.78 is 1.22. The molecule has 0 atom stereocenters. The highest BCUT2D eigenvalue weighted by molar-refractivity contribution is 9.13. The Kier molecular flexibility index (Phi) is 3.40. The van der Waals surface area contributed by atoms with E-state index in [-0.39, 0.29) is 5.56 Å². The van der Waals surface area contributed by atoms with E-state index in [4.69, 9.17) is 5.73 Å². The van der Waals surface area contributed by atoms with Gasteiger partial charge in [-0.2, -0.15) is 0 Å². The molecule has 0 aliphatic heterocycles. The minimum atomic E-state index is -1.02. The third-order valence-electron chi connectivity index (χ3n) is 2.23. The van der Waals surface area contributed by atoms with Crippen LogP contribution < -0.4 is 11.3 Å². The highest BCUT2D eigenvalue weighted by atomic mass is 79.9. The highest BCUT2D eigenvalue weighted by Crippen LogP contribution is 2.31. The number of halogens is 2. The van der Waals surface area contributed by atoms with Gasteiger partial charge in [-0.1, -0.05) is 0 Å². The van der Waals surface area contributed by atoms with E-state index in [2.05, 4.69) is 36.8 Å². The Bertz CT molecular complexity index is 466. The summed E-state index contributed by atoms with van der Waals surface area (Å²) in [6.07, 6.45) is 1.51. The summed E-state index contributed by atoms with van der Waals surface area (Å²) in [4.78, 5) is 25.4. The topological polar surface area (TPSA) is 76.0 Å². The number of nitrogens with one attached hydrogen (secondary N) is 1. The van der Waals surface area contributed by atoms with Crippen molar-refractivity contribution < 1.29 is 4.79 Å². The first kappa shape index (κ1) is 12.4. The quantitative estimate of drug-likeness (QED) is 0.861. The molecule has 4 nitrogen and oxygen atoms in total. The first-order valence-corrected chi connectivity index (χ1v) is 5.74. The van der Waals surface area contributed by atoms with Crippen molar-refractivity contribution in [3.63, 3.8) is 0 Å². The van der Waals surface area contributed by atoms with Gasteiger partial charge in [0.25, 0.3) is 5.56 Å². The predicted molar refractivity (Wildman–Crippen MR) is 64.7 cm³/mol. The van der Waals surface area contributed by atoms with Gasteiger partial charge in [0.05, 0.1) is 5.41 Å². The van der Waals surface area contributed by atoms with E-state index >= 15 is 0 Å². The monoisotopic (exact) mass is 336 g/mol. The molecule has 15 heavy (non-hydrogen) atoms. The number of amides is 1. The average Bonchev–Trinajstić information content (AvgIpc) is 2.11. The van der Waals surface area contributed by atoms with Crippen LogP contribution in [0.2, 0.25) is 0 Å². The molecule has 0 fully saturated rings. The van der Waals surface area contributed by atoms with E-state index in [9.17, 15) is 9.59 Å². The van der Waals surface area contributed by atoms with Gasteiger partial charge in [-0.15, -0.1) is 0 Å². The van der Waals surface area contributed by atoms with Gasteiger partial charge in [-0.3, -0.25) is 9.59 Å². The van der Waals surface area contributed by atoms with Crippen LogP contribution in [0.3, 0.4) is 0 Å². The third kappa shape index (κ3) is 2.15. The molecule has 0 aromatic carbocycles. The van der Waals surface area contributed by atoms with Crippen LogP contribution >= 0.6 is 31.9 Å². The lowest BCUT2D eigenvalue weighted by Gasteiger charge is -2.21. The molecule has 0 saturated carbocycles. The fraction of sp³-hybridized carbons (Fsp3) is 0.333. The molecule has 6 heteroatoms. The molecule has 82 valence electrons. The van der Waals surface area contributed by atoms with Gasteiger partial charge < -0.3 is 10.7 Å². The lowest BCUT2D eigenvalue weighted by molar-refractivity contribution is -0.122. The molecule has 0 bridgehead atoms. The Hall–Kier alpha value is -0.620. The van der Waals surface area contributed by atoms with Gasteiger partial charge >= 0.3 is 0 Å². The Labute approximate surface area is 104 Å². The van der Waals surface area contributed by atoms with Crippen LogP contribution in [-0.2, 0) is 10.2 Å². The molecule has 1 aromatic rings. The molecule has 0 unspecified atom stereocenters. The lowest BCUT2D eigenvalue weighted by atomic mass is 9.85. The summed E-state index contributed by atoms with van der Waals surface area (Å²) in [7, 11) is 0. The van der Waals surface area contributed by atoms with Crippen molar-refractivity contribution >= 4 is 37.8 Å². The number of primary amides is 1. The molecule has 0 radical (unpaired) electrons. The molecule has 1 aromatic heterocycles. The SMILES string of the molecule is CC(C)(C(N)=O)c1c(Br)c(Br)c[nH]c1=O. The van der Waals surface area contributed by atoms with Crippen LogP contribution in [0.5, 0.6) is 0 Å². The van der Waals surface area contributed by atoms with Crippen LogP contribution in [0, 0.1) is 0 Å². The van der Waals surface area contributed by atoms with Crippen LogP contribution in [-0.4, -0.2) is 10.9 Å². The number of H-pyrrole nitrogens is 1. The molecular formula is C9H10Br2N2O2. The third-order valence-corrected chi connectivity index (χ3v) is 4.21. The fourth-order valence-electron chi connectivity index (χ4n) is 1.16. The van der Waals surface area contributed by atoms with Crippen molar-refractivity contribution in [3.05, 3.63) is 31.1 Å². The summed E-state index contributed by atoms with van der Waals surface area (Å²) >= 11 is 6.51. The zero-order chi connectivity index (χ0) is 11.8. The smallest absolute Gasteiger partial charge is 0.253 e. The lowest BCUT2D eigenvalue weighted by Crippen LogP contribution is -2.40. The van der Waals surface area contributed by atoms with Crippen molar-refractivity contribution in [2.24, 2.45) is 5.73 Å². The van der Waals surface area contributed by atoms with Crippen LogP contribution in [0.4, 0.5) is 0 Å². The standard InChI is InChI=1S/C9H10Br2N2O2/c1-9(2,8(12)15)5-6(11)4(10)3-13-7(5)14/h3H,1-2H3,(H2,12,15)(H,13,14). The Balaban J connectivity index is 3.57. The first-order chi connectivity index (χ1) is 6.78. The average molecular weight is 338 g/mol. The summed E-state index contributed by atoms with van der Waals surface area (Å²) in [5, 5.41) is 0. The molecule has 0 aliphatic carbocycles. The largest absolute Gasteiger partial charge is 0.369 e. The van der Waals surface area contributed by atoms with E-state index in [1.54, 1.807) is 13.8 Å². The molecule has 0 aliphatic rings. The second kappa shape index (κ2) is 4.09. The zero-order valence-corrected chi connectivity index (χ0v) is 11.4. The summed E-state index contributed by atoms with van der Waals surface area (Å²) in [6, 6.07) is 0. The van der Waals surface area contributed by atoms with Gasteiger partial charge in [-0.25, -0.2) is 0 Å². The van der Waals surface area contributed by atoms with E-state index in [1.165, 1.54) is 6.20 Å². The minimum absolute atomic E-state index is 0.323. The zero-order valence-electron chi connectivity index (χ0n) is 8.23. The molecule has 1 amide bonds. The molecule has 1 heterocycles. The van der Waals surface area contributed by atoms with E-state index < -0.39 is 11.3 Å². The number of nitrogens with two attached hydrogens (primary N) is 1. The maximum absolute atomic E-state index is 11.6. The van der Waals surface area contributed by atoms with Crippen molar-refractivity contribution in [2.45, 2.75) is 19.3 Å². The van der Waals surface area contributed by atoms with E-state index in [0.29, 0.717) is 14.5 Å². The Morgan fingerprint density at radius 3 is 2.47 bits per heavy atom. The van der Waals surface area contributed by atoms with Crippen molar-refractivity contribution in [2.75, 3.05) is 0 Å². The van der Waals surface area contributed by atoms with Crippen LogP contribution in [0.1, 0.15) is 19.4 Å². The Morgan fingerprint density at radius 2 is 2.00 bits per heavy atom. The molecule has 0 saturated heterocycles. The van der Waals surface area contributed by atoms with Gasteiger partial charge in [0.2, 0.25) is 5.91 Å². The van der Waals surface area contributed by atoms with Crippen molar-refractivity contribution in [1.82, 2.24) is 4.98 Å².